The van der Waals surface area contributed by atoms with Crippen LogP contribution in [0.25, 0.3) is 0 Å². The average Bonchev–Trinajstić information content (AvgIpc) is 2.42. The molecule has 0 atom stereocenters. The molecule has 110 valence electrons. The van der Waals surface area contributed by atoms with Crippen molar-refractivity contribution >= 4 is 5.97 Å². The molecular weight excluding hydrogens is 254 g/mol. The highest BCUT2D eigenvalue weighted by atomic mass is 16.5. The molecule has 0 spiro atoms. The predicted molar refractivity (Wildman–Crippen MR) is 77.5 cm³/mol. The molecule has 1 saturated carbocycles. The van der Waals surface area contributed by atoms with E-state index in [0.29, 0.717) is 11.6 Å². The second-order valence-corrected chi connectivity index (χ2v) is 5.32. The Labute approximate surface area is 120 Å². The summed E-state index contributed by atoms with van der Waals surface area (Å²) in [6.07, 6.45) is 4.57. The first-order valence-electron chi connectivity index (χ1n) is 7.26. The van der Waals surface area contributed by atoms with Crippen molar-refractivity contribution in [3.8, 4) is 0 Å². The van der Waals surface area contributed by atoms with Gasteiger partial charge in [-0.3, -0.25) is 4.90 Å². The number of methoxy groups -OCH3 is 1. The van der Waals surface area contributed by atoms with Crippen molar-refractivity contribution in [1.82, 2.24) is 4.90 Å². The van der Waals surface area contributed by atoms with E-state index in [1.54, 1.807) is 6.07 Å². The molecule has 4 heteroatoms. The number of esters is 1. The molecule has 4 nitrogen and oxygen atoms in total. The number of carbonyl (C=O) groups excluding carboxylic acids is 1. The van der Waals surface area contributed by atoms with E-state index >= 15 is 0 Å². The molecule has 1 N–H and O–H groups in total. The van der Waals surface area contributed by atoms with Crippen molar-refractivity contribution in [2.45, 2.75) is 38.3 Å². The van der Waals surface area contributed by atoms with E-state index in [-0.39, 0.29) is 12.6 Å². The lowest BCUT2D eigenvalue weighted by Crippen LogP contribution is -2.40. The third kappa shape index (κ3) is 3.81. The van der Waals surface area contributed by atoms with Crippen molar-refractivity contribution in [3.05, 3.63) is 35.4 Å². The largest absolute Gasteiger partial charge is 0.465 e. The Morgan fingerprint density at radius 3 is 2.85 bits per heavy atom. The highest BCUT2D eigenvalue weighted by Crippen LogP contribution is 2.26. The SMILES string of the molecule is COC(=O)c1cccc(CN(CCCO)C2CCC2)c1. The van der Waals surface area contributed by atoms with Crippen LogP contribution in [0.4, 0.5) is 0 Å². The summed E-state index contributed by atoms with van der Waals surface area (Å²) in [5, 5.41) is 9.01. The van der Waals surface area contributed by atoms with Gasteiger partial charge in [0.15, 0.2) is 0 Å². The zero-order valence-corrected chi connectivity index (χ0v) is 12.0. The van der Waals surface area contributed by atoms with Gasteiger partial charge in [-0.2, -0.15) is 0 Å². The predicted octanol–water partition coefficient (Wildman–Crippen LogP) is 2.21. The van der Waals surface area contributed by atoms with Crippen molar-refractivity contribution in [3.63, 3.8) is 0 Å². The smallest absolute Gasteiger partial charge is 0.337 e. The molecule has 0 heterocycles. The number of nitrogens with zero attached hydrogens (tertiary/aromatic N) is 1. The molecular formula is C16H23NO3. The quantitative estimate of drug-likeness (QED) is 0.776. The number of hydrogen-bond acceptors (Lipinski definition) is 4. The Hall–Kier alpha value is -1.39. The van der Waals surface area contributed by atoms with Crippen LogP contribution in [0.2, 0.25) is 0 Å². The Morgan fingerprint density at radius 2 is 2.25 bits per heavy atom. The number of aliphatic hydroxyl groups excluding tert-OH is 1. The molecule has 2 rings (SSSR count). The lowest BCUT2D eigenvalue weighted by molar-refractivity contribution is 0.0600. The molecule has 1 aromatic carbocycles. The summed E-state index contributed by atoms with van der Waals surface area (Å²) >= 11 is 0. The van der Waals surface area contributed by atoms with Crippen molar-refractivity contribution < 1.29 is 14.6 Å². The fourth-order valence-corrected chi connectivity index (χ4v) is 2.57. The van der Waals surface area contributed by atoms with Gasteiger partial charge in [0, 0.05) is 25.7 Å². The normalized spacial score (nSPS) is 15.2. The lowest BCUT2D eigenvalue weighted by atomic mass is 9.91. The lowest BCUT2D eigenvalue weighted by Gasteiger charge is -2.37. The fourth-order valence-electron chi connectivity index (χ4n) is 2.57. The summed E-state index contributed by atoms with van der Waals surface area (Å²) in [5.74, 6) is -0.294. The topological polar surface area (TPSA) is 49.8 Å². The van der Waals surface area contributed by atoms with Crippen molar-refractivity contribution in [2.75, 3.05) is 20.3 Å². The van der Waals surface area contributed by atoms with Gasteiger partial charge in [0.05, 0.1) is 12.7 Å². The number of aliphatic hydroxyl groups is 1. The molecule has 0 aliphatic heterocycles. The van der Waals surface area contributed by atoms with Crippen LogP contribution in [0.5, 0.6) is 0 Å². The zero-order chi connectivity index (χ0) is 14.4. The standard InChI is InChI=1S/C16H23NO3/c1-20-16(19)14-6-2-5-13(11-14)12-17(9-4-10-18)15-7-3-8-15/h2,5-6,11,15,18H,3-4,7-10,12H2,1H3. The minimum atomic E-state index is -0.294. The van der Waals surface area contributed by atoms with Crippen LogP contribution < -0.4 is 0 Å². The van der Waals surface area contributed by atoms with Gasteiger partial charge in [0.1, 0.15) is 0 Å². The van der Waals surface area contributed by atoms with Gasteiger partial charge in [-0.25, -0.2) is 4.79 Å². The van der Waals surface area contributed by atoms with E-state index in [9.17, 15) is 4.79 Å². The van der Waals surface area contributed by atoms with E-state index in [2.05, 4.69) is 4.90 Å². The number of ether oxygens (including phenoxy) is 1. The summed E-state index contributed by atoms with van der Waals surface area (Å²) in [4.78, 5) is 14.0. The maximum absolute atomic E-state index is 11.6. The molecule has 0 bridgehead atoms. The van der Waals surface area contributed by atoms with Gasteiger partial charge in [0.25, 0.3) is 0 Å². The number of benzene rings is 1. The van der Waals surface area contributed by atoms with Crippen LogP contribution in [0.3, 0.4) is 0 Å². The van der Waals surface area contributed by atoms with Crippen molar-refractivity contribution in [1.29, 1.82) is 0 Å². The van der Waals surface area contributed by atoms with Crippen LogP contribution in [-0.2, 0) is 11.3 Å². The maximum Gasteiger partial charge on any atom is 0.337 e. The third-order valence-corrected chi connectivity index (χ3v) is 3.93. The number of carbonyl (C=O) groups is 1. The highest BCUT2D eigenvalue weighted by Gasteiger charge is 2.24. The Morgan fingerprint density at radius 1 is 1.45 bits per heavy atom. The second kappa shape index (κ2) is 7.41. The van der Waals surface area contributed by atoms with Gasteiger partial charge in [-0.15, -0.1) is 0 Å². The first-order valence-corrected chi connectivity index (χ1v) is 7.26. The van der Waals surface area contributed by atoms with Crippen LogP contribution in [-0.4, -0.2) is 42.3 Å². The Balaban J connectivity index is 2.03. The van der Waals surface area contributed by atoms with Crippen LogP contribution in [0.1, 0.15) is 41.6 Å². The molecule has 0 aromatic heterocycles. The molecule has 1 aromatic rings. The molecule has 1 aliphatic carbocycles. The zero-order valence-electron chi connectivity index (χ0n) is 12.0. The van der Waals surface area contributed by atoms with E-state index in [1.807, 2.05) is 18.2 Å². The van der Waals surface area contributed by atoms with Crippen LogP contribution >= 0.6 is 0 Å². The number of rotatable bonds is 7. The molecule has 0 amide bonds. The molecule has 20 heavy (non-hydrogen) atoms. The molecule has 0 unspecified atom stereocenters. The minimum absolute atomic E-state index is 0.228. The van der Waals surface area contributed by atoms with Gasteiger partial charge in [-0.05, 0) is 37.0 Å². The first kappa shape index (κ1) is 15.0. The number of hydrogen-bond donors (Lipinski definition) is 1. The van der Waals surface area contributed by atoms with Gasteiger partial charge in [-0.1, -0.05) is 18.6 Å². The minimum Gasteiger partial charge on any atom is -0.465 e. The molecule has 1 fully saturated rings. The van der Waals surface area contributed by atoms with Gasteiger partial charge in [0.2, 0.25) is 0 Å². The highest BCUT2D eigenvalue weighted by molar-refractivity contribution is 5.89. The van der Waals surface area contributed by atoms with E-state index < -0.39 is 0 Å². The van der Waals surface area contributed by atoms with E-state index in [4.69, 9.17) is 9.84 Å². The van der Waals surface area contributed by atoms with Gasteiger partial charge < -0.3 is 9.84 Å². The average molecular weight is 277 g/mol. The molecule has 0 radical (unpaired) electrons. The Kier molecular flexibility index (Phi) is 5.56. The third-order valence-electron chi connectivity index (χ3n) is 3.93. The summed E-state index contributed by atoms with van der Waals surface area (Å²) in [6.45, 7) is 1.96. The summed E-state index contributed by atoms with van der Waals surface area (Å²) in [5.41, 5.74) is 1.72. The fraction of sp³-hybridized carbons (Fsp3) is 0.562. The van der Waals surface area contributed by atoms with Crippen LogP contribution in [0, 0.1) is 0 Å². The van der Waals surface area contributed by atoms with E-state index in [1.165, 1.54) is 26.4 Å². The van der Waals surface area contributed by atoms with E-state index in [0.717, 1.165) is 25.1 Å². The second-order valence-electron chi connectivity index (χ2n) is 5.32. The van der Waals surface area contributed by atoms with Gasteiger partial charge >= 0.3 is 5.97 Å². The molecule has 0 saturated heterocycles. The summed E-state index contributed by atoms with van der Waals surface area (Å²) < 4.78 is 4.76. The van der Waals surface area contributed by atoms with Crippen molar-refractivity contribution in [2.24, 2.45) is 0 Å². The summed E-state index contributed by atoms with van der Waals surface area (Å²) in [7, 11) is 1.40. The molecule has 1 aliphatic rings. The monoisotopic (exact) mass is 277 g/mol. The maximum atomic E-state index is 11.6. The van der Waals surface area contributed by atoms with Crippen LogP contribution in [0.15, 0.2) is 24.3 Å². The first-order chi connectivity index (χ1) is 9.74. The summed E-state index contributed by atoms with van der Waals surface area (Å²) in [6, 6.07) is 8.24. The Bertz CT molecular complexity index is 443.